The first kappa shape index (κ1) is 11.4. The van der Waals surface area contributed by atoms with E-state index in [1.54, 1.807) is 0 Å². The Kier molecular flexibility index (Phi) is 3.44. The molecule has 88 valence electrons. The van der Waals surface area contributed by atoms with Gasteiger partial charge in [0, 0.05) is 32.4 Å². The van der Waals surface area contributed by atoms with Crippen LogP contribution in [0.5, 0.6) is 0 Å². The van der Waals surface area contributed by atoms with Crippen molar-refractivity contribution in [1.29, 1.82) is 0 Å². The van der Waals surface area contributed by atoms with Gasteiger partial charge in [-0.05, 0) is 30.0 Å². The summed E-state index contributed by atoms with van der Waals surface area (Å²) >= 11 is 0. The summed E-state index contributed by atoms with van der Waals surface area (Å²) in [6.07, 6.45) is 2.04. The molecule has 0 bridgehead atoms. The highest BCUT2D eigenvalue weighted by Gasteiger charge is 2.13. The van der Waals surface area contributed by atoms with Gasteiger partial charge in [-0.3, -0.25) is 0 Å². The number of hydrogen-bond acceptors (Lipinski definition) is 3. The number of pyridine rings is 1. The third-order valence-corrected chi connectivity index (χ3v) is 3.20. The Morgan fingerprint density at radius 3 is 2.56 bits per heavy atom. The molecule has 1 aromatic rings. The van der Waals surface area contributed by atoms with E-state index in [1.165, 1.54) is 11.1 Å². The fraction of sp³-hybridized carbons (Fsp3) is 0.615. The zero-order valence-electron chi connectivity index (χ0n) is 10.5. The van der Waals surface area contributed by atoms with Gasteiger partial charge in [0.1, 0.15) is 5.82 Å². The number of hydrogen-bond donors (Lipinski definition) is 1. The number of piperazine rings is 1. The van der Waals surface area contributed by atoms with Gasteiger partial charge in [-0.25, -0.2) is 4.98 Å². The van der Waals surface area contributed by atoms with Crippen molar-refractivity contribution in [3.8, 4) is 0 Å². The van der Waals surface area contributed by atoms with Crippen LogP contribution in [0.2, 0.25) is 0 Å². The largest absolute Gasteiger partial charge is 0.354 e. The van der Waals surface area contributed by atoms with Crippen molar-refractivity contribution in [2.24, 2.45) is 0 Å². The summed E-state index contributed by atoms with van der Waals surface area (Å²) in [4.78, 5) is 6.94. The average Bonchev–Trinajstić information content (AvgIpc) is 2.29. The van der Waals surface area contributed by atoms with Crippen LogP contribution in [0.15, 0.2) is 12.3 Å². The van der Waals surface area contributed by atoms with Crippen molar-refractivity contribution >= 4 is 5.82 Å². The SMILES string of the molecule is Cc1cc(N2CCNCC2)ncc1C(C)C. The van der Waals surface area contributed by atoms with Crippen molar-refractivity contribution in [1.82, 2.24) is 10.3 Å². The summed E-state index contributed by atoms with van der Waals surface area (Å²) in [6, 6.07) is 2.22. The minimum absolute atomic E-state index is 0.560. The topological polar surface area (TPSA) is 28.2 Å². The fourth-order valence-electron chi connectivity index (χ4n) is 2.22. The predicted molar refractivity (Wildman–Crippen MR) is 68.1 cm³/mol. The Morgan fingerprint density at radius 1 is 1.31 bits per heavy atom. The number of nitrogens with zero attached hydrogens (tertiary/aromatic N) is 2. The Labute approximate surface area is 97.9 Å². The molecule has 2 rings (SSSR count). The molecule has 0 spiro atoms. The normalized spacial score (nSPS) is 16.9. The maximum atomic E-state index is 4.58. The van der Waals surface area contributed by atoms with Gasteiger partial charge >= 0.3 is 0 Å². The van der Waals surface area contributed by atoms with E-state index in [4.69, 9.17) is 0 Å². The molecule has 2 heterocycles. The molecule has 0 saturated carbocycles. The zero-order valence-corrected chi connectivity index (χ0v) is 10.5. The summed E-state index contributed by atoms with van der Waals surface area (Å²) in [6.45, 7) is 10.9. The smallest absolute Gasteiger partial charge is 0.128 e. The molecule has 3 nitrogen and oxygen atoms in total. The van der Waals surface area contributed by atoms with Crippen molar-refractivity contribution < 1.29 is 0 Å². The minimum atomic E-state index is 0.560. The first-order chi connectivity index (χ1) is 7.68. The Hall–Kier alpha value is -1.09. The van der Waals surface area contributed by atoms with Gasteiger partial charge < -0.3 is 10.2 Å². The van der Waals surface area contributed by atoms with E-state index in [-0.39, 0.29) is 0 Å². The zero-order chi connectivity index (χ0) is 11.5. The lowest BCUT2D eigenvalue weighted by Crippen LogP contribution is -2.43. The van der Waals surface area contributed by atoms with Gasteiger partial charge in [0.25, 0.3) is 0 Å². The highest BCUT2D eigenvalue weighted by atomic mass is 15.2. The van der Waals surface area contributed by atoms with Crippen LogP contribution >= 0.6 is 0 Å². The Bertz CT molecular complexity index is 354. The maximum absolute atomic E-state index is 4.58. The Morgan fingerprint density at radius 2 is 2.00 bits per heavy atom. The molecule has 1 aromatic heterocycles. The van der Waals surface area contributed by atoms with Crippen LogP contribution < -0.4 is 10.2 Å². The number of aryl methyl sites for hydroxylation is 1. The molecular weight excluding hydrogens is 198 g/mol. The van der Waals surface area contributed by atoms with Crippen molar-refractivity contribution in [2.45, 2.75) is 26.7 Å². The monoisotopic (exact) mass is 219 g/mol. The van der Waals surface area contributed by atoms with Crippen molar-refractivity contribution in [3.63, 3.8) is 0 Å². The molecule has 1 fully saturated rings. The van der Waals surface area contributed by atoms with E-state index in [0.717, 1.165) is 32.0 Å². The quantitative estimate of drug-likeness (QED) is 0.823. The molecule has 16 heavy (non-hydrogen) atoms. The van der Waals surface area contributed by atoms with Crippen LogP contribution in [0.4, 0.5) is 5.82 Å². The summed E-state index contributed by atoms with van der Waals surface area (Å²) in [5.41, 5.74) is 2.72. The summed E-state index contributed by atoms with van der Waals surface area (Å²) in [7, 11) is 0. The Balaban J connectivity index is 2.19. The molecule has 0 unspecified atom stereocenters. The first-order valence-electron chi connectivity index (χ1n) is 6.10. The molecule has 0 radical (unpaired) electrons. The van der Waals surface area contributed by atoms with Gasteiger partial charge in [0.2, 0.25) is 0 Å². The predicted octanol–water partition coefficient (Wildman–Crippen LogP) is 1.92. The van der Waals surface area contributed by atoms with Crippen LogP contribution in [-0.4, -0.2) is 31.2 Å². The molecule has 0 atom stereocenters. The second kappa shape index (κ2) is 4.83. The van der Waals surface area contributed by atoms with Crippen LogP contribution in [0.1, 0.15) is 30.9 Å². The molecule has 1 N–H and O–H groups in total. The van der Waals surface area contributed by atoms with Gasteiger partial charge in [0.05, 0.1) is 0 Å². The lowest BCUT2D eigenvalue weighted by Gasteiger charge is -2.29. The number of nitrogens with one attached hydrogen (secondary N) is 1. The second-order valence-corrected chi connectivity index (χ2v) is 4.79. The van der Waals surface area contributed by atoms with Crippen molar-refractivity contribution in [3.05, 3.63) is 23.4 Å². The molecule has 1 aliphatic rings. The van der Waals surface area contributed by atoms with Crippen LogP contribution in [0.3, 0.4) is 0 Å². The van der Waals surface area contributed by atoms with Gasteiger partial charge in [-0.1, -0.05) is 13.8 Å². The highest BCUT2D eigenvalue weighted by Crippen LogP contribution is 2.22. The van der Waals surface area contributed by atoms with E-state index in [1.807, 2.05) is 6.20 Å². The molecule has 0 amide bonds. The van der Waals surface area contributed by atoms with Crippen LogP contribution in [0.25, 0.3) is 0 Å². The van der Waals surface area contributed by atoms with Gasteiger partial charge in [-0.2, -0.15) is 0 Å². The van der Waals surface area contributed by atoms with Crippen molar-refractivity contribution in [2.75, 3.05) is 31.1 Å². The van der Waals surface area contributed by atoms with E-state index in [2.05, 4.69) is 42.0 Å². The van der Waals surface area contributed by atoms with E-state index < -0.39 is 0 Å². The summed E-state index contributed by atoms with van der Waals surface area (Å²) < 4.78 is 0. The van der Waals surface area contributed by atoms with E-state index in [0.29, 0.717) is 5.92 Å². The minimum Gasteiger partial charge on any atom is -0.354 e. The molecular formula is C13H21N3. The molecule has 0 aromatic carbocycles. The third kappa shape index (κ3) is 2.35. The third-order valence-electron chi connectivity index (χ3n) is 3.20. The lowest BCUT2D eigenvalue weighted by atomic mass is 10.0. The number of anilines is 1. The second-order valence-electron chi connectivity index (χ2n) is 4.79. The molecule has 1 aliphatic heterocycles. The highest BCUT2D eigenvalue weighted by molar-refractivity contribution is 5.44. The summed E-state index contributed by atoms with van der Waals surface area (Å²) in [5.74, 6) is 1.69. The van der Waals surface area contributed by atoms with Gasteiger partial charge in [0.15, 0.2) is 0 Å². The van der Waals surface area contributed by atoms with Crippen LogP contribution in [0, 0.1) is 6.92 Å². The average molecular weight is 219 g/mol. The fourth-order valence-corrected chi connectivity index (χ4v) is 2.22. The van der Waals surface area contributed by atoms with E-state index in [9.17, 15) is 0 Å². The first-order valence-corrected chi connectivity index (χ1v) is 6.10. The van der Waals surface area contributed by atoms with E-state index >= 15 is 0 Å². The van der Waals surface area contributed by atoms with Crippen LogP contribution in [-0.2, 0) is 0 Å². The lowest BCUT2D eigenvalue weighted by molar-refractivity contribution is 0.584. The molecule has 3 heteroatoms. The number of aromatic nitrogens is 1. The van der Waals surface area contributed by atoms with Gasteiger partial charge in [-0.15, -0.1) is 0 Å². The molecule has 1 saturated heterocycles. The standard InChI is InChI=1S/C13H21N3/c1-10(2)12-9-15-13(8-11(12)3)16-6-4-14-5-7-16/h8-10,14H,4-7H2,1-3H3. The summed E-state index contributed by atoms with van der Waals surface area (Å²) in [5, 5.41) is 3.36. The molecule has 0 aliphatic carbocycles. The maximum Gasteiger partial charge on any atom is 0.128 e. The number of rotatable bonds is 2.